The maximum absolute atomic E-state index is 15.6. The number of carbonyl (C=O) groups excluding carboxylic acids is 3. The number of ether oxygens (including phenoxy) is 3. The molecule has 4 heterocycles. The number of halogens is 1. The van der Waals surface area contributed by atoms with E-state index in [1.54, 1.807) is 23.1 Å². The van der Waals surface area contributed by atoms with Gasteiger partial charge in [0, 0.05) is 62.7 Å². The molecule has 3 aliphatic rings. The molecule has 0 bridgehead atoms. The van der Waals surface area contributed by atoms with E-state index in [0.717, 1.165) is 36.5 Å². The number of anilines is 1. The molecule has 3 amide bonds. The second-order valence-corrected chi connectivity index (χ2v) is 15.9. The Hall–Kier alpha value is -4.15. The Bertz CT molecular complexity index is 1830. The first-order valence-corrected chi connectivity index (χ1v) is 20.6. The van der Waals surface area contributed by atoms with Crippen molar-refractivity contribution >= 4 is 34.7 Å². The molecule has 3 aromatic rings. The summed E-state index contributed by atoms with van der Waals surface area (Å²) in [6.07, 6.45) is 2.82. The van der Waals surface area contributed by atoms with Crippen LogP contribution in [0.1, 0.15) is 78.1 Å². The summed E-state index contributed by atoms with van der Waals surface area (Å²) in [5.41, 5.74) is 2.55. The molecule has 0 saturated carbocycles. The highest BCUT2D eigenvalue weighted by Crippen LogP contribution is 2.39. The number of morpholine rings is 1. The Labute approximate surface area is 332 Å². The molecule has 0 unspecified atom stereocenters. The van der Waals surface area contributed by atoms with Gasteiger partial charge in [0.1, 0.15) is 22.9 Å². The van der Waals surface area contributed by atoms with Crippen molar-refractivity contribution in [3.8, 4) is 11.5 Å². The van der Waals surface area contributed by atoms with Crippen molar-refractivity contribution in [2.24, 2.45) is 0 Å². The normalized spacial score (nSPS) is 16.8. The number of thiazole rings is 1. The van der Waals surface area contributed by atoms with E-state index < -0.39 is 0 Å². The molecule has 1 spiro atoms. The lowest BCUT2D eigenvalue weighted by molar-refractivity contribution is -0.132. The van der Waals surface area contributed by atoms with Crippen LogP contribution in [0.5, 0.6) is 11.5 Å². The van der Waals surface area contributed by atoms with E-state index in [1.807, 2.05) is 29.3 Å². The number of hydrogen-bond acceptors (Lipinski definition) is 11. The van der Waals surface area contributed by atoms with E-state index >= 15 is 4.39 Å². The number of benzene rings is 2. The van der Waals surface area contributed by atoms with E-state index in [4.69, 9.17) is 14.2 Å². The third-order valence-electron chi connectivity index (χ3n) is 10.8. The molecule has 0 atom stereocenters. The van der Waals surface area contributed by atoms with Crippen molar-refractivity contribution in [1.29, 1.82) is 0 Å². The number of phenolic OH excluding ortho intramolecular Hbond substituents is 1. The molecule has 6 rings (SSSR count). The molecule has 3 N–H and O–H groups in total. The Morgan fingerprint density at radius 2 is 1.91 bits per heavy atom. The SMILES string of the molecule is CCN(CCNCCc1ccc(O)c2c1OCC(=O)N2)C(=O)CCOCCc1cccc(CN2CCC3(CC2)CN(C(=O)c2csc(C(C)C)n2)CCO3)c1F. The van der Waals surface area contributed by atoms with Crippen LogP contribution in [0.2, 0.25) is 0 Å². The lowest BCUT2D eigenvalue weighted by Crippen LogP contribution is -2.58. The van der Waals surface area contributed by atoms with Crippen LogP contribution in [0.4, 0.5) is 10.1 Å². The second kappa shape index (κ2) is 19.3. The minimum absolute atomic E-state index is 0.000155. The zero-order valence-corrected chi connectivity index (χ0v) is 33.6. The van der Waals surface area contributed by atoms with Crippen LogP contribution >= 0.6 is 11.3 Å². The predicted octanol–water partition coefficient (Wildman–Crippen LogP) is 4.58. The number of aromatic nitrogens is 1. The fourth-order valence-electron chi connectivity index (χ4n) is 7.48. The summed E-state index contributed by atoms with van der Waals surface area (Å²) < 4.78 is 33.3. The maximum Gasteiger partial charge on any atom is 0.273 e. The van der Waals surface area contributed by atoms with E-state index in [2.05, 4.69) is 34.4 Å². The summed E-state index contributed by atoms with van der Waals surface area (Å²) in [6.45, 7) is 12.5. The Balaban J connectivity index is 0.873. The molecule has 2 aromatic carbocycles. The zero-order valence-electron chi connectivity index (χ0n) is 32.7. The second-order valence-electron chi connectivity index (χ2n) is 15.0. The standard InChI is InChI=1S/C41H55FN6O7S/c1-4-47(19-16-43-15-10-30-8-9-33(49)37-38(30)54-25-34(50)45-37)35(51)12-22-53-21-11-29-6-5-7-31(36(29)42)24-46-17-13-41(14-18-46)27-48(20-23-55-41)40(52)32-26-56-39(44-32)28(2)3/h5-9,26,28,43,49H,4,10-25,27H2,1-3H3,(H,45,50). The average Bonchev–Trinajstić information content (AvgIpc) is 3.70. The highest BCUT2D eigenvalue weighted by atomic mass is 32.1. The number of carbonyl (C=O) groups is 3. The monoisotopic (exact) mass is 794 g/mol. The Morgan fingerprint density at radius 3 is 2.68 bits per heavy atom. The van der Waals surface area contributed by atoms with Gasteiger partial charge in [-0.3, -0.25) is 19.3 Å². The summed E-state index contributed by atoms with van der Waals surface area (Å²) in [6, 6.07) is 8.84. The number of likely N-dealkylation sites (tertiary alicyclic amines) is 1. The number of amides is 3. The van der Waals surface area contributed by atoms with Crippen LogP contribution in [-0.2, 0) is 38.4 Å². The number of likely N-dealkylation sites (N-methyl/N-ethyl adjacent to an activating group) is 1. The molecular weight excluding hydrogens is 740 g/mol. The molecule has 13 nitrogen and oxygen atoms in total. The van der Waals surface area contributed by atoms with Gasteiger partial charge in [-0.25, -0.2) is 9.37 Å². The molecule has 2 fully saturated rings. The van der Waals surface area contributed by atoms with E-state index in [0.29, 0.717) is 100 Å². The Kier molecular flexibility index (Phi) is 14.3. The summed E-state index contributed by atoms with van der Waals surface area (Å²) in [7, 11) is 0. The average molecular weight is 795 g/mol. The fourth-order valence-corrected chi connectivity index (χ4v) is 8.28. The molecular formula is C41H55FN6O7S. The first-order chi connectivity index (χ1) is 27.1. The molecule has 56 heavy (non-hydrogen) atoms. The third kappa shape index (κ3) is 10.4. The zero-order chi connectivity index (χ0) is 39.7. The molecule has 3 aliphatic heterocycles. The number of fused-ring (bicyclic) bond motifs is 1. The van der Waals surface area contributed by atoms with Crippen molar-refractivity contribution < 1.29 is 38.1 Å². The van der Waals surface area contributed by atoms with Gasteiger partial charge in [-0.2, -0.15) is 0 Å². The number of rotatable bonds is 17. The van der Waals surface area contributed by atoms with Crippen molar-refractivity contribution in [3.05, 3.63) is 68.9 Å². The Morgan fingerprint density at radius 1 is 1.11 bits per heavy atom. The topological polar surface area (TPSA) is 146 Å². The van der Waals surface area contributed by atoms with Gasteiger partial charge in [0.15, 0.2) is 12.4 Å². The molecule has 1 aromatic heterocycles. The number of hydrogen-bond donors (Lipinski definition) is 3. The number of phenols is 1. The molecule has 0 aliphatic carbocycles. The summed E-state index contributed by atoms with van der Waals surface area (Å²) in [4.78, 5) is 48.3. The lowest BCUT2D eigenvalue weighted by Gasteiger charge is -2.47. The van der Waals surface area contributed by atoms with Crippen LogP contribution in [0.25, 0.3) is 0 Å². The number of piperidine rings is 1. The van der Waals surface area contributed by atoms with Crippen LogP contribution in [0.15, 0.2) is 35.7 Å². The van der Waals surface area contributed by atoms with Crippen molar-refractivity contribution in [3.63, 3.8) is 0 Å². The van der Waals surface area contributed by atoms with Gasteiger partial charge < -0.3 is 39.8 Å². The summed E-state index contributed by atoms with van der Waals surface area (Å²) >= 11 is 1.53. The van der Waals surface area contributed by atoms with Crippen molar-refractivity contribution in [2.75, 3.05) is 84.1 Å². The summed E-state index contributed by atoms with van der Waals surface area (Å²) in [5, 5.41) is 18.9. The maximum atomic E-state index is 15.6. The number of nitrogens with one attached hydrogen (secondary N) is 2. The molecule has 0 radical (unpaired) electrons. The van der Waals surface area contributed by atoms with Gasteiger partial charge in [-0.1, -0.05) is 38.1 Å². The quantitative estimate of drug-likeness (QED) is 0.131. The van der Waals surface area contributed by atoms with Gasteiger partial charge in [0.05, 0.1) is 43.4 Å². The van der Waals surface area contributed by atoms with Gasteiger partial charge in [0.2, 0.25) is 5.91 Å². The van der Waals surface area contributed by atoms with Gasteiger partial charge in [-0.15, -0.1) is 11.3 Å². The minimum Gasteiger partial charge on any atom is -0.506 e. The van der Waals surface area contributed by atoms with Gasteiger partial charge >= 0.3 is 0 Å². The van der Waals surface area contributed by atoms with Crippen molar-refractivity contribution in [1.82, 2.24) is 25.0 Å². The van der Waals surface area contributed by atoms with E-state index in [-0.39, 0.29) is 60.4 Å². The molecule has 304 valence electrons. The predicted molar refractivity (Wildman–Crippen MR) is 212 cm³/mol. The highest BCUT2D eigenvalue weighted by Gasteiger charge is 2.41. The number of nitrogens with zero attached hydrogens (tertiary/aromatic N) is 4. The van der Waals surface area contributed by atoms with Gasteiger partial charge in [0.25, 0.3) is 11.8 Å². The first kappa shape index (κ1) is 41.5. The summed E-state index contributed by atoms with van der Waals surface area (Å²) in [5.74, 6) is 0.201. The van der Waals surface area contributed by atoms with Gasteiger partial charge in [-0.05, 0) is 56.3 Å². The van der Waals surface area contributed by atoms with Crippen LogP contribution < -0.4 is 15.4 Å². The fraction of sp³-hybridized carbons (Fsp3) is 0.561. The van der Waals surface area contributed by atoms with Crippen LogP contribution in [-0.4, -0.2) is 127 Å². The lowest BCUT2D eigenvalue weighted by atomic mass is 9.89. The van der Waals surface area contributed by atoms with E-state index in [9.17, 15) is 19.5 Å². The smallest absolute Gasteiger partial charge is 0.273 e. The highest BCUT2D eigenvalue weighted by molar-refractivity contribution is 7.09. The first-order valence-electron chi connectivity index (χ1n) is 19.8. The number of aromatic hydroxyl groups is 1. The molecule has 15 heteroatoms. The third-order valence-corrected chi connectivity index (χ3v) is 11.9. The van der Waals surface area contributed by atoms with E-state index in [1.165, 1.54) is 11.3 Å². The largest absolute Gasteiger partial charge is 0.506 e. The van der Waals surface area contributed by atoms with Crippen molar-refractivity contribution in [2.45, 2.75) is 70.9 Å². The van der Waals surface area contributed by atoms with Crippen LogP contribution in [0.3, 0.4) is 0 Å². The van der Waals surface area contributed by atoms with Crippen LogP contribution in [0, 0.1) is 5.82 Å². The molecule has 2 saturated heterocycles. The minimum atomic E-state index is -0.389.